The topological polar surface area (TPSA) is 29.5 Å². The van der Waals surface area contributed by atoms with E-state index in [1.165, 1.54) is 0 Å². The van der Waals surface area contributed by atoms with Crippen LogP contribution in [0.2, 0.25) is 0 Å². The molecule has 0 N–H and O–H groups in total. The first-order chi connectivity index (χ1) is 8.63. The highest BCUT2D eigenvalue weighted by molar-refractivity contribution is 9.10. The van der Waals surface area contributed by atoms with Crippen LogP contribution in [0.3, 0.4) is 0 Å². The molecule has 2 heterocycles. The summed E-state index contributed by atoms with van der Waals surface area (Å²) in [4.78, 5) is 15.2. The summed E-state index contributed by atoms with van der Waals surface area (Å²) in [6.07, 6.45) is 2.60. The zero-order chi connectivity index (χ0) is 12.7. The Kier molecular flexibility index (Phi) is 3.38. The summed E-state index contributed by atoms with van der Waals surface area (Å²) < 4.78 is 6.57. The van der Waals surface area contributed by atoms with Crippen LogP contribution in [0.5, 0.6) is 0 Å². The standard InChI is InChI=1S/C13H14BrNO2S/c14-12-4-3-10(18)5-11(12)13(16)15-6-8-1-2-9(7-15)17-8/h3-5,8-9,18H,1-2,6-7H2. The molecule has 2 fully saturated rings. The first kappa shape index (κ1) is 12.5. The lowest BCUT2D eigenvalue weighted by molar-refractivity contribution is -0.0303. The smallest absolute Gasteiger partial charge is 0.255 e. The third-order valence-electron chi connectivity index (χ3n) is 3.51. The Bertz CT molecular complexity index is 482. The molecule has 1 aromatic carbocycles. The summed E-state index contributed by atoms with van der Waals surface area (Å²) in [6.45, 7) is 1.41. The fourth-order valence-corrected chi connectivity index (χ4v) is 3.25. The number of rotatable bonds is 1. The average molecular weight is 328 g/mol. The van der Waals surface area contributed by atoms with Gasteiger partial charge in [0.05, 0.1) is 17.8 Å². The van der Waals surface area contributed by atoms with Crippen molar-refractivity contribution in [1.29, 1.82) is 0 Å². The molecule has 18 heavy (non-hydrogen) atoms. The summed E-state index contributed by atoms with van der Waals surface area (Å²) in [7, 11) is 0. The molecule has 0 radical (unpaired) electrons. The van der Waals surface area contributed by atoms with Crippen LogP contribution < -0.4 is 0 Å². The van der Waals surface area contributed by atoms with Gasteiger partial charge in [-0.1, -0.05) is 0 Å². The molecule has 0 saturated carbocycles. The molecular weight excluding hydrogens is 314 g/mol. The van der Waals surface area contributed by atoms with E-state index in [9.17, 15) is 4.79 Å². The molecule has 2 unspecified atom stereocenters. The van der Waals surface area contributed by atoms with E-state index in [1.807, 2.05) is 23.1 Å². The van der Waals surface area contributed by atoms with Gasteiger partial charge in [-0.3, -0.25) is 4.79 Å². The number of amides is 1. The number of benzene rings is 1. The van der Waals surface area contributed by atoms with E-state index in [0.717, 1.165) is 22.2 Å². The first-order valence-electron chi connectivity index (χ1n) is 6.07. The Hall–Kier alpha value is -0.520. The van der Waals surface area contributed by atoms with Crippen LogP contribution in [-0.4, -0.2) is 36.1 Å². The van der Waals surface area contributed by atoms with Gasteiger partial charge in [0.25, 0.3) is 5.91 Å². The number of fused-ring (bicyclic) bond motifs is 2. The van der Waals surface area contributed by atoms with E-state index in [1.54, 1.807) is 0 Å². The molecule has 96 valence electrons. The van der Waals surface area contributed by atoms with Crippen LogP contribution in [0.15, 0.2) is 27.6 Å². The summed E-state index contributed by atoms with van der Waals surface area (Å²) in [5.74, 6) is 0.0676. The van der Waals surface area contributed by atoms with Crippen molar-refractivity contribution in [3.63, 3.8) is 0 Å². The van der Waals surface area contributed by atoms with Gasteiger partial charge in [-0.05, 0) is 47.0 Å². The summed E-state index contributed by atoms with van der Waals surface area (Å²) >= 11 is 7.72. The second kappa shape index (κ2) is 4.87. The molecular formula is C13H14BrNO2S. The van der Waals surface area contributed by atoms with Crippen LogP contribution in [0, 0.1) is 0 Å². The van der Waals surface area contributed by atoms with Crippen LogP contribution in [-0.2, 0) is 4.74 Å². The lowest BCUT2D eigenvalue weighted by Crippen LogP contribution is -2.45. The second-order valence-electron chi connectivity index (χ2n) is 4.83. The summed E-state index contributed by atoms with van der Waals surface area (Å²) in [5.41, 5.74) is 0.684. The summed E-state index contributed by atoms with van der Waals surface area (Å²) in [6, 6.07) is 5.55. The van der Waals surface area contributed by atoms with Crippen molar-refractivity contribution in [3.05, 3.63) is 28.2 Å². The molecule has 5 heteroatoms. The number of thiol groups is 1. The van der Waals surface area contributed by atoms with E-state index in [2.05, 4.69) is 28.6 Å². The second-order valence-corrected chi connectivity index (χ2v) is 6.20. The maximum atomic E-state index is 12.5. The predicted molar refractivity (Wildman–Crippen MR) is 75.2 cm³/mol. The SMILES string of the molecule is O=C(c1cc(S)ccc1Br)N1CC2CCC(C1)O2. The average Bonchev–Trinajstić information content (AvgIpc) is 2.70. The Balaban J connectivity index is 1.84. The number of likely N-dealkylation sites (tertiary alicyclic amines) is 1. The zero-order valence-corrected chi connectivity index (χ0v) is 12.3. The van der Waals surface area contributed by atoms with Gasteiger partial charge in [-0.25, -0.2) is 0 Å². The monoisotopic (exact) mass is 327 g/mol. The predicted octanol–water partition coefficient (Wildman–Crippen LogP) is 2.74. The minimum Gasteiger partial charge on any atom is -0.371 e. The quantitative estimate of drug-likeness (QED) is 0.804. The number of carbonyl (C=O) groups excluding carboxylic acids is 1. The van der Waals surface area contributed by atoms with Crippen molar-refractivity contribution < 1.29 is 9.53 Å². The van der Waals surface area contributed by atoms with Gasteiger partial charge < -0.3 is 9.64 Å². The third-order valence-corrected chi connectivity index (χ3v) is 4.48. The maximum Gasteiger partial charge on any atom is 0.255 e. The molecule has 1 aromatic rings. The minimum absolute atomic E-state index is 0.0676. The Morgan fingerprint density at radius 2 is 2.00 bits per heavy atom. The van der Waals surface area contributed by atoms with Crippen LogP contribution in [0.1, 0.15) is 23.2 Å². The number of halogens is 1. The van der Waals surface area contributed by atoms with Gasteiger partial charge in [0.15, 0.2) is 0 Å². The number of hydrogen-bond acceptors (Lipinski definition) is 3. The van der Waals surface area contributed by atoms with Gasteiger partial charge in [-0.15, -0.1) is 12.6 Å². The van der Waals surface area contributed by atoms with Gasteiger partial charge in [0, 0.05) is 22.5 Å². The van der Waals surface area contributed by atoms with Crippen molar-refractivity contribution in [1.82, 2.24) is 4.90 Å². The molecule has 0 spiro atoms. The highest BCUT2D eigenvalue weighted by Crippen LogP contribution is 2.29. The molecule has 3 nitrogen and oxygen atoms in total. The molecule has 2 bridgehead atoms. The third kappa shape index (κ3) is 2.31. The molecule has 2 aliphatic rings. The fourth-order valence-electron chi connectivity index (χ4n) is 2.63. The summed E-state index contributed by atoms with van der Waals surface area (Å²) in [5, 5.41) is 0. The maximum absolute atomic E-state index is 12.5. The van der Waals surface area contributed by atoms with E-state index in [4.69, 9.17) is 4.74 Å². The van der Waals surface area contributed by atoms with Gasteiger partial charge in [0.2, 0.25) is 0 Å². The lowest BCUT2D eigenvalue weighted by Gasteiger charge is -2.32. The number of ether oxygens (including phenoxy) is 1. The zero-order valence-electron chi connectivity index (χ0n) is 9.80. The van der Waals surface area contributed by atoms with Crippen molar-refractivity contribution in [3.8, 4) is 0 Å². The van der Waals surface area contributed by atoms with Gasteiger partial charge >= 0.3 is 0 Å². The number of nitrogens with zero attached hydrogens (tertiary/aromatic N) is 1. The minimum atomic E-state index is 0.0676. The number of carbonyl (C=O) groups is 1. The van der Waals surface area contributed by atoms with Crippen molar-refractivity contribution >= 4 is 34.5 Å². The normalized spacial score (nSPS) is 26.4. The molecule has 2 atom stereocenters. The largest absolute Gasteiger partial charge is 0.371 e. The molecule has 0 aliphatic carbocycles. The van der Waals surface area contributed by atoms with Crippen molar-refractivity contribution in [2.75, 3.05) is 13.1 Å². The molecule has 2 saturated heterocycles. The van der Waals surface area contributed by atoms with Gasteiger partial charge in [0.1, 0.15) is 0 Å². The number of hydrogen-bond donors (Lipinski definition) is 1. The first-order valence-corrected chi connectivity index (χ1v) is 7.31. The molecule has 0 aromatic heterocycles. The Labute approximate surface area is 120 Å². The van der Waals surface area contributed by atoms with E-state index in [-0.39, 0.29) is 18.1 Å². The molecule has 1 amide bonds. The van der Waals surface area contributed by atoms with E-state index >= 15 is 0 Å². The van der Waals surface area contributed by atoms with Crippen LogP contribution >= 0.6 is 28.6 Å². The van der Waals surface area contributed by atoms with Crippen molar-refractivity contribution in [2.24, 2.45) is 0 Å². The van der Waals surface area contributed by atoms with Crippen LogP contribution in [0.4, 0.5) is 0 Å². The van der Waals surface area contributed by atoms with Gasteiger partial charge in [-0.2, -0.15) is 0 Å². The highest BCUT2D eigenvalue weighted by atomic mass is 79.9. The fraction of sp³-hybridized carbons (Fsp3) is 0.462. The Morgan fingerprint density at radius 1 is 1.33 bits per heavy atom. The number of morpholine rings is 1. The van der Waals surface area contributed by atoms with E-state index in [0.29, 0.717) is 18.7 Å². The highest BCUT2D eigenvalue weighted by Gasteiger charge is 2.36. The van der Waals surface area contributed by atoms with E-state index < -0.39 is 0 Å². The van der Waals surface area contributed by atoms with Crippen molar-refractivity contribution in [2.45, 2.75) is 29.9 Å². The van der Waals surface area contributed by atoms with Crippen LogP contribution in [0.25, 0.3) is 0 Å². The lowest BCUT2D eigenvalue weighted by atomic mass is 10.2. The molecule has 2 aliphatic heterocycles. The molecule has 3 rings (SSSR count). The Morgan fingerprint density at radius 3 is 2.67 bits per heavy atom.